The molecule has 2 N–H and O–H groups in total. The largest absolute Gasteiger partial charge is 0.457 e. The minimum Gasteiger partial charge on any atom is -0.457 e. The van der Waals surface area contributed by atoms with E-state index < -0.39 is 29.9 Å². The highest BCUT2D eigenvalue weighted by Gasteiger charge is 2.55. The summed E-state index contributed by atoms with van der Waals surface area (Å²) in [5, 5.41) is 20.4. The molecule has 4 atom stereocenters. The van der Waals surface area contributed by atoms with Crippen molar-refractivity contribution in [2.45, 2.75) is 89.1 Å². The quantitative estimate of drug-likeness (QED) is 0.404. The van der Waals surface area contributed by atoms with Crippen LogP contribution < -0.4 is 0 Å². The second-order valence-electron chi connectivity index (χ2n) is 8.40. The predicted octanol–water partition coefficient (Wildman–Crippen LogP) is 2.30. The summed E-state index contributed by atoms with van der Waals surface area (Å²) >= 11 is 0. The Morgan fingerprint density at radius 2 is 2.11 bits per heavy atom. The highest BCUT2D eigenvalue weighted by molar-refractivity contribution is 5.95. The molecule has 0 spiro atoms. The third-order valence-electron chi connectivity index (χ3n) is 5.76. The van der Waals surface area contributed by atoms with Crippen molar-refractivity contribution in [3.8, 4) is 0 Å². The molecule has 2 heterocycles. The molecule has 156 valence electrons. The van der Waals surface area contributed by atoms with Gasteiger partial charge in [-0.3, -0.25) is 4.79 Å². The number of esters is 2. The van der Waals surface area contributed by atoms with E-state index in [1.54, 1.807) is 6.92 Å². The molecular formula is C21H30O7. The summed E-state index contributed by atoms with van der Waals surface area (Å²) in [6.45, 7) is 5.10. The first-order valence-corrected chi connectivity index (χ1v) is 10.1. The maximum Gasteiger partial charge on any atom is 0.342 e. The molecule has 0 saturated carbocycles. The molecule has 7 nitrogen and oxygen atoms in total. The Hall–Kier alpha value is -1.70. The zero-order chi connectivity index (χ0) is 20.5. The Bertz CT molecular complexity index is 706. The number of fused-ring (bicyclic) bond motifs is 2. The first-order chi connectivity index (χ1) is 13.2. The van der Waals surface area contributed by atoms with Gasteiger partial charge in [0, 0.05) is 18.4 Å². The lowest BCUT2D eigenvalue weighted by atomic mass is 9.86. The molecule has 0 aromatic heterocycles. The number of unbranched alkanes of at least 4 members (excludes halogenated alkanes) is 2. The monoisotopic (exact) mass is 394 g/mol. The molecule has 1 saturated heterocycles. The van der Waals surface area contributed by atoms with E-state index in [4.69, 9.17) is 14.2 Å². The molecule has 0 aromatic rings. The van der Waals surface area contributed by atoms with Crippen LogP contribution in [-0.2, 0) is 23.8 Å². The van der Waals surface area contributed by atoms with E-state index in [9.17, 15) is 19.8 Å². The van der Waals surface area contributed by atoms with E-state index in [0.29, 0.717) is 31.3 Å². The van der Waals surface area contributed by atoms with Crippen molar-refractivity contribution in [3.05, 3.63) is 23.0 Å². The first-order valence-electron chi connectivity index (χ1n) is 10.1. The lowest BCUT2D eigenvalue weighted by molar-refractivity contribution is -0.148. The Kier molecular flexibility index (Phi) is 5.98. The smallest absolute Gasteiger partial charge is 0.342 e. The van der Waals surface area contributed by atoms with Crippen molar-refractivity contribution in [1.82, 2.24) is 0 Å². The maximum atomic E-state index is 12.4. The van der Waals surface area contributed by atoms with E-state index in [2.05, 4.69) is 6.92 Å². The van der Waals surface area contributed by atoms with Gasteiger partial charge in [-0.25, -0.2) is 4.79 Å². The van der Waals surface area contributed by atoms with E-state index in [0.717, 1.165) is 19.3 Å². The number of carbonyl (C=O) groups excluding carboxylic acids is 2. The SMILES string of the molecule is CCCCCC(=O)OC1CC2(C)OC2CCC(C)(O)C=C2OC(=O)C(CO)=C21. The Morgan fingerprint density at radius 1 is 1.36 bits per heavy atom. The van der Waals surface area contributed by atoms with Gasteiger partial charge in [0.25, 0.3) is 0 Å². The van der Waals surface area contributed by atoms with E-state index in [1.165, 1.54) is 6.08 Å². The number of rotatable bonds is 6. The molecule has 28 heavy (non-hydrogen) atoms. The van der Waals surface area contributed by atoms with Crippen LogP contribution in [0.4, 0.5) is 0 Å². The topological polar surface area (TPSA) is 106 Å². The summed E-state index contributed by atoms with van der Waals surface area (Å²) < 4.78 is 16.9. The van der Waals surface area contributed by atoms with Gasteiger partial charge in [0.2, 0.25) is 0 Å². The van der Waals surface area contributed by atoms with Gasteiger partial charge >= 0.3 is 11.9 Å². The van der Waals surface area contributed by atoms with Crippen molar-refractivity contribution in [2.75, 3.05) is 6.61 Å². The van der Waals surface area contributed by atoms with Crippen LogP contribution in [0.2, 0.25) is 0 Å². The van der Waals surface area contributed by atoms with Gasteiger partial charge in [-0.05, 0) is 39.2 Å². The molecule has 0 aromatic carbocycles. The van der Waals surface area contributed by atoms with Crippen molar-refractivity contribution in [1.29, 1.82) is 0 Å². The second-order valence-corrected chi connectivity index (χ2v) is 8.40. The van der Waals surface area contributed by atoms with Crippen LogP contribution in [0.5, 0.6) is 0 Å². The lowest BCUT2D eigenvalue weighted by Gasteiger charge is -2.26. The summed E-state index contributed by atoms with van der Waals surface area (Å²) in [7, 11) is 0. The highest BCUT2D eigenvalue weighted by atomic mass is 16.6. The average Bonchev–Trinajstić information content (AvgIpc) is 3.14. The second kappa shape index (κ2) is 7.97. The van der Waals surface area contributed by atoms with Crippen molar-refractivity contribution < 1.29 is 34.0 Å². The Morgan fingerprint density at radius 3 is 2.79 bits per heavy atom. The van der Waals surface area contributed by atoms with Gasteiger partial charge in [-0.1, -0.05) is 19.8 Å². The molecule has 4 unspecified atom stereocenters. The number of carbonyl (C=O) groups is 2. The van der Waals surface area contributed by atoms with Crippen LogP contribution in [-0.4, -0.2) is 52.2 Å². The first kappa shape index (κ1) is 21.0. The Balaban J connectivity index is 1.95. The van der Waals surface area contributed by atoms with E-state index in [-0.39, 0.29) is 23.4 Å². The van der Waals surface area contributed by atoms with Gasteiger partial charge in [-0.2, -0.15) is 0 Å². The molecule has 7 heteroatoms. The van der Waals surface area contributed by atoms with Crippen molar-refractivity contribution in [3.63, 3.8) is 0 Å². The summed E-state index contributed by atoms with van der Waals surface area (Å²) in [5.74, 6) is -0.871. The third kappa shape index (κ3) is 4.47. The van der Waals surface area contributed by atoms with Crippen molar-refractivity contribution >= 4 is 11.9 Å². The average molecular weight is 394 g/mol. The number of aliphatic hydroxyl groups excluding tert-OH is 1. The van der Waals surface area contributed by atoms with Crippen LogP contribution in [0.3, 0.4) is 0 Å². The molecule has 1 aliphatic carbocycles. The van der Waals surface area contributed by atoms with Crippen LogP contribution in [0.1, 0.15) is 65.7 Å². The molecule has 2 aliphatic heterocycles. The molecule has 1 fully saturated rings. The Labute approximate surface area is 165 Å². The normalized spacial score (nSPS) is 34.9. The van der Waals surface area contributed by atoms with Crippen LogP contribution in [0.15, 0.2) is 23.0 Å². The molecule has 0 bridgehead atoms. The summed E-state index contributed by atoms with van der Waals surface area (Å²) in [5.41, 5.74) is -1.32. The zero-order valence-corrected chi connectivity index (χ0v) is 16.8. The van der Waals surface area contributed by atoms with Crippen LogP contribution in [0, 0.1) is 0 Å². The van der Waals surface area contributed by atoms with E-state index >= 15 is 0 Å². The fourth-order valence-corrected chi connectivity index (χ4v) is 4.01. The van der Waals surface area contributed by atoms with Crippen LogP contribution >= 0.6 is 0 Å². The molecule has 0 amide bonds. The fourth-order valence-electron chi connectivity index (χ4n) is 4.01. The van der Waals surface area contributed by atoms with Crippen LogP contribution in [0.25, 0.3) is 0 Å². The molecule has 0 radical (unpaired) electrons. The highest BCUT2D eigenvalue weighted by Crippen LogP contribution is 2.48. The zero-order valence-electron chi connectivity index (χ0n) is 16.8. The summed E-state index contributed by atoms with van der Waals surface area (Å²) in [6, 6.07) is 0. The third-order valence-corrected chi connectivity index (χ3v) is 5.76. The number of aliphatic hydroxyl groups is 2. The summed E-state index contributed by atoms with van der Waals surface area (Å²) in [4.78, 5) is 24.7. The van der Waals surface area contributed by atoms with Gasteiger partial charge in [0.15, 0.2) is 0 Å². The number of hydrogen-bond acceptors (Lipinski definition) is 7. The van der Waals surface area contributed by atoms with Gasteiger partial charge in [0.1, 0.15) is 11.9 Å². The lowest BCUT2D eigenvalue weighted by Crippen LogP contribution is -2.31. The van der Waals surface area contributed by atoms with E-state index in [1.807, 2.05) is 6.92 Å². The number of epoxide rings is 1. The standard InChI is InChI=1S/C21H30O7/c1-4-5-6-7-17(23)26-15-11-21(3)16(28-21)8-9-20(2,25)10-14-18(15)13(12-22)19(24)27-14/h10,15-16,22,25H,4-9,11-12H2,1-3H3. The van der Waals surface area contributed by atoms with Gasteiger partial charge in [0.05, 0.1) is 29.5 Å². The number of ether oxygens (including phenoxy) is 3. The maximum absolute atomic E-state index is 12.4. The minimum atomic E-state index is -1.22. The molecular weight excluding hydrogens is 364 g/mol. The van der Waals surface area contributed by atoms with Gasteiger partial charge in [-0.15, -0.1) is 0 Å². The minimum absolute atomic E-state index is 0.0496. The molecule has 3 rings (SSSR count). The predicted molar refractivity (Wildman–Crippen MR) is 100 cm³/mol. The van der Waals surface area contributed by atoms with Crippen molar-refractivity contribution in [2.24, 2.45) is 0 Å². The summed E-state index contributed by atoms with van der Waals surface area (Å²) in [6.07, 6.45) is 5.05. The van der Waals surface area contributed by atoms with Gasteiger partial charge < -0.3 is 24.4 Å². The molecule has 3 aliphatic rings. The number of hydrogen-bond donors (Lipinski definition) is 2. The fraction of sp³-hybridized carbons (Fsp3) is 0.714.